The van der Waals surface area contributed by atoms with E-state index in [0.717, 1.165) is 37.8 Å². The monoisotopic (exact) mass is 404 g/mol. The summed E-state index contributed by atoms with van der Waals surface area (Å²) >= 11 is 0. The van der Waals surface area contributed by atoms with Crippen LogP contribution in [-0.4, -0.2) is 17.9 Å². The molecule has 0 heterocycles. The third-order valence-electron chi connectivity index (χ3n) is 5.05. The number of nitrogens with one attached hydrogen (secondary N) is 2. The molecule has 0 aromatic heterocycles. The molecule has 0 spiro atoms. The number of halogens is 3. The van der Waals surface area contributed by atoms with E-state index in [0.29, 0.717) is 5.56 Å². The largest absolute Gasteiger partial charge is 0.417 e. The minimum Gasteiger partial charge on any atom is -0.349 e. The van der Waals surface area contributed by atoms with Crippen LogP contribution in [0.5, 0.6) is 0 Å². The number of carbonyl (C=O) groups excluding carboxylic acids is 2. The number of hydrogen-bond acceptors (Lipinski definition) is 2. The fourth-order valence-corrected chi connectivity index (χ4v) is 3.56. The van der Waals surface area contributed by atoms with Crippen LogP contribution < -0.4 is 10.6 Å². The van der Waals surface area contributed by atoms with Gasteiger partial charge in [0.05, 0.1) is 11.1 Å². The number of amides is 2. The van der Waals surface area contributed by atoms with Gasteiger partial charge in [0.1, 0.15) is 0 Å². The molecule has 2 N–H and O–H groups in total. The van der Waals surface area contributed by atoms with Gasteiger partial charge in [0, 0.05) is 17.3 Å². The molecule has 0 atom stereocenters. The lowest BCUT2D eigenvalue weighted by Crippen LogP contribution is -2.34. The summed E-state index contributed by atoms with van der Waals surface area (Å²) in [7, 11) is 0. The molecule has 0 aliphatic heterocycles. The second kappa shape index (κ2) is 9.11. The van der Waals surface area contributed by atoms with Crippen LogP contribution in [0.15, 0.2) is 48.5 Å². The first-order valence-electron chi connectivity index (χ1n) is 9.73. The topological polar surface area (TPSA) is 58.2 Å². The number of rotatable bonds is 4. The molecule has 1 aliphatic carbocycles. The van der Waals surface area contributed by atoms with Crippen LogP contribution >= 0.6 is 0 Å². The van der Waals surface area contributed by atoms with Crippen molar-refractivity contribution in [1.29, 1.82) is 0 Å². The Morgan fingerprint density at radius 1 is 0.862 bits per heavy atom. The zero-order valence-corrected chi connectivity index (χ0v) is 15.9. The minimum atomic E-state index is -4.63. The summed E-state index contributed by atoms with van der Waals surface area (Å²) in [5.41, 5.74) is -0.843. The number of benzene rings is 2. The Labute approximate surface area is 167 Å². The highest BCUT2D eigenvalue weighted by Gasteiger charge is 2.34. The first-order valence-corrected chi connectivity index (χ1v) is 9.73. The summed E-state index contributed by atoms with van der Waals surface area (Å²) in [5.74, 6) is -1.12. The average molecular weight is 404 g/mol. The van der Waals surface area contributed by atoms with Crippen molar-refractivity contribution in [2.45, 2.75) is 50.7 Å². The van der Waals surface area contributed by atoms with Gasteiger partial charge in [-0.2, -0.15) is 13.2 Å². The Kier molecular flexibility index (Phi) is 6.56. The molecule has 1 aliphatic rings. The molecule has 2 amide bonds. The molecule has 4 nitrogen and oxygen atoms in total. The van der Waals surface area contributed by atoms with Gasteiger partial charge in [-0.15, -0.1) is 0 Å². The molecule has 0 saturated heterocycles. The van der Waals surface area contributed by atoms with E-state index in [1.807, 2.05) is 0 Å². The van der Waals surface area contributed by atoms with Gasteiger partial charge in [-0.1, -0.05) is 43.9 Å². The number of hydrogen-bond donors (Lipinski definition) is 2. The minimum absolute atomic E-state index is 0.127. The van der Waals surface area contributed by atoms with Crippen LogP contribution in [0.25, 0.3) is 0 Å². The predicted octanol–water partition coefficient (Wildman–Crippen LogP) is 5.41. The van der Waals surface area contributed by atoms with Crippen LogP contribution in [0.4, 0.5) is 18.9 Å². The highest BCUT2D eigenvalue weighted by molar-refractivity contribution is 6.06. The van der Waals surface area contributed by atoms with Crippen molar-refractivity contribution >= 4 is 17.5 Å². The summed E-state index contributed by atoms with van der Waals surface area (Å²) < 4.78 is 39.4. The van der Waals surface area contributed by atoms with Crippen LogP contribution in [0.3, 0.4) is 0 Å². The maximum absolute atomic E-state index is 13.1. The van der Waals surface area contributed by atoms with E-state index in [-0.39, 0.29) is 17.6 Å². The molecule has 29 heavy (non-hydrogen) atoms. The molecule has 2 aromatic carbocycles. The van der Waals surface area contributed by atoms with E-state index >= 15 is 0 Å². The van der Waals surface area contributed by atoms with Crippen LogP contribution in [0, 0.1) is 0 Å². The third-order valence-corrected chi connectivity index (χ3v) is 5.05. The summed E-state index contributed by atoms with van der Waals surface area (Å²) in [6.45, 7) is 0. The maximum atomic E-state index is 13.1. The average Bonchev–Trinajstić information content (AvgIpc) is 2.96. The number of carbonyl (C=O) groups is 2. The van der Waals surface area contributed by atoms with Gasteiger partial charge >= 0.3 is 6.18 Å². The number of alkyl halides is 3. The first kappa shape index (κ1) is 20.9. The van der Waals surface area contributed by atoms with E-state index in [1.165, 1.54) is 37.1 Å². The van der Waals surface area contributed by atoms with Crippen molar-refractivity contribution in [2.24, 2.45) is 0 Å². The fraction of sp³-hybridized carbons (Fsp3) is 0.364. The third kappa shape index (κ3) is 5.59. The summed E-state index contributed by atoms with van der Waals surface area (Å²) in [6, 6.07) is 10.9. The zero-order chi connectivity index (χ0) is 20.9. The van der Waals surface area contributed by atoms with Gasteiger partial charge in [0.15, 0.2) is 0 Å². The number of anilines is 1. The predicted molar refractivity (Wildman–Crippen MR) is 105 cm³/mol. The second-order valence-corrected chi connectivity index (χ2v) is 7.24. The Bertz CT molecular complexity index is 872. The fourth-order valence-electron chi connectivity index (χ4n) is 3.56. The van der Waals surface area contributed by atoms with E-state index in [4.69, 9.17) is 0 Å². The quantitative estimate of drug-likeness (QED) is 0.670. The van der Waals surface area contributed by atoms with E-state index in [2.05, 4.69) is 10.6 Å². The van der Waals surface area contributed by atoms with Gasteiger partial charge < -0.3 is 10.6 Å². The maximum Gasteiger partial charge on any atom is 0.417 e. The summed E-state index contributed by atoms with van der Waals surface area (Å²) in [4.78, 5) is 25.0. The molecule has 154 valence electrons. The second-order valence-electron chi connectivity index (χ2n) is 7.24. The van der Waals surface area contributed by atoms with Gasteiger partial charge in [-0.05, 0) is 43.2 Å². The van der Waals surface area contributed by atoms with Crippen molar-refractivity contribution in [1.82, 2.24) is 5.32 Å². The van der Waals surface area contributed by atoms with Gasteiger partial charge in [-0.3, -0.25) is 9.59 Å². The van der Waals surface area contributed by atoms with Crippen molar-refractivity contribution < 1.29 is 22.8 Å². The molecule has 3 rings (SSSR count). The SMILES string of the molecule is O=C(NC1CCCCCC1)c1cccc(NC(=O)c2ccccc2C(F)(F)F)c1. The molecule has 1 fully saturated rings. The van der Waals surface area contributed by atoms with Crippen molar-refractivity contribution in [2.75, 3.05) is 5.32 Å². The zero-order valence-electron chi connectivity index (χ0n) is 15.9. The van der Waals surface area contributed by atoms with Crippen LogP contribution in [0.2, 0.25) is 0 Å². The van der Waals surface area contributed by atoms with E-state index in [1.54, 1.807) is 12.1 Å². The Morgan fingerprint density at radius 3 is 2.24 bits per heavy atom. The van der Waals surface area contributed by atoms with E-state index in [9.17, 15) is 22.8 Å². The summed E-state index contributed by atoms with van der Waals surface area (Å²) in [6.07, 6.45) is 1.76. The van der Waals surface area contributed by atoms with Crippen LogP contribution in [0.1, 0.15) is 64.8 Å². The molecule has 2 aromatic rings. The molecule has 1 saturated carbocycles. The lowest BCUT2D eigenvalue weighted by atomic mass is 10.1. The molecular formula is C22H23F3N2O2. The first-order chi connectivity index (χ1) is 13.8. The highest BCUT2D eigenvalue weighted by Crippen LogP contribution is 2.32. The van der Waals surface area contributed by atoms with Crippen LogP contribution in [-0.2, 0) is 6.18 Å². The van der Waals surface area contributed by atoms with Gasteiger partial charge in [0.25, 0.3) is 11.8 Å². The van der Waals surface area contributed by atoms with Crippen molar-refractivity contribution in [3.8, 4) is 0 Å². The lowest BCUT2D eigenvalue weighted by Gasteiger charge is -2.17. The normalized spacial score (nSPS) is 15.4. The lowest BCUT2D eigenvalue weighted by molar-refractivity contribution is -0.137. The molecular weight excluding hydrogens is 381 g/mol. The Balaban J connectivity index is 1.71. The van der Waals surface area contributed by atoms with Crippen molar-refractivity contribution in [3.63, 3.8) is 0 Å². The molecule has 0 bridgehead atoms. The smallest absolute Gasteiger partial charge is 0.349 e. The Hall–Kier alpha value is -2.83. The van der Waals surface area contributed by atoms with Crippen molar-refractivity contribution in [3.05, 3.63) is 65.2 Å². The molecule has 0 radical (unpaired) electrons. The van der Waals surface area contributed by atoms with Gasteiger partial charge in [0.2, 0.25) is 0 Å². The van der Waals surface area contributed by atoms with Gasteiger partial charge in [-0.25, -0.2) is 0 Å². The highest BCUT2D eigenvalue weighted by atomic mass is 19.4. The molecule has 7 heteroatoms. The molecule has 0 unspecified atom stereocenters. The standard InChI is InChI=1S/C22H23F3N2O2/c23-22(24,25)19-13-6-5-12-18(19)21(29)27-17-11-7-8-15(14-17)20(28)26-16-9-3-1-2-4-10-16/h5-8,11-14,16H,1-4,9-10H2,(H,26,28)(H,27,29). The Morgan fingerprint density at radius 2 is 1.55 bits per heavy atom. The van der Waals surface area contributed by atoms with E-state index < -0.39 is 23.2 Å². The summed E-state index contributed by atoms with van der Waals surface area (Å²) in [5, 5.41) is 5.48.